The highest BCUT2D eigenvalue weighted by atomic mass is 32.2. The van der Waals surface area contributed by atoms with Gasteiger partial charge in [0.05, 0.1) is 31.1 Å². The SMILES string of the molecule is CC.CC1=C(C)[NH+]([O-])N(C)[NH+]1[O-].CC1=C(C)[NH+]([O-])N[NH+]1[O-].CC1C(=O)N(C)N(C)C1C.CC1C(C)N(C)C(=O)N1C.CC1C(C)N(C)SN1C.CC1CN(C)C(=O)N1.CC1NC(=O)N(C)C1C.CC1NC(=S)NC1C.CC1NONC1C.CC1NSN(C)C1C. The van der Waals surface area contributed by atoms with Gasteiger partial charge >= 0.3 is 18.1 Å². The maximum absolute atomic E-state index is 11.2. The molecule has 34 heteroatoms. The molecule has 12 N–H and O–H groups in total. The summed E-state index contributed by atoms with van der Waals surface area (Å²) in [4.78, 5) is 55.4. The van der Waals surface area contributed by atoms with Crippen LogP contribution in [0.1, 0.15) is 145 Å². The zero-order valence-electron chi connectivity index (χ0n) is 60.2. The Kier molecular flexibility index (Phi) is 39.0. The standard InChI is InChI=1S/2C7H14N2O.C6H12N2O.C6H14N2S.C5H11N3O2.C5H10N2O.C5H12N2S.C5H10N2S.C4H9N3O2.C4H10N2O.C2H6/c1-5-6(2)9(4)7(10)8(5)3;1-5-6(2)8(3)9(4)7(5)10;1-4-5(2)8(3)6(9)7-4;1-5-6(2)8(4)9-7(5)3;1-4-5(2)8(10)6(3)7(4)9;1-4-3-7(2)5(8)6-4;1-4-5(2)7(3)8-6-4;1-3-4(2)7-5(8)6-3;1-3-4(2)7(9)5-6(3)8;1-3-4(2)6-7-5-3;1-2/h2*5-6H,1-4H3;4-5H,1-3H3,(H,7,9);5-6H,1-4H3;7-8H,1-3H3;4H,3H2,1-2H3,(H,6,8);4-6H,1-3H3;3-4H,1-2H3,(H2,6,7,8);5-7H,1-2H3;3-6H,1-2H3;1-2H3. The van der Waals surface area contributed by atoms with Gasteiger partial charge in [-0.2, -0.15) is 11.0 Å². The van der Waals surface area contributed by atoms with Gasteiger partial charge in [-0.15, -0.1) is 0 Å². The molecule has 90 heavy (non-hydrogen) atoms. The summed E-state index contributed by atoms with van der Waals surface area (Å²) < 4.78 is 10.1. The monoisotopic (exact) mass is 1340 g/mol. The van der Waals surface area contributed by atoms with Crippen LogP contribution in [-0.2, 0) is 9.73 Å². The molecule has 0 bridgehead atoms. The predicted octanol–water partition coefficient (Wildman–Crippen LogP) is -0.111. The second-order valence-corrected chi connectivity index (χ2v) is 27.0. The number of hydrogen-bond donors (Lipinski definition) is 12. The van der Waals surface area contributed by atoms with Crippen LogP contribution >= 0.6 is 36.5 Å². The number of nitrogens with zero attached hydrogens (tertiary/aromatic N) is 10. The van der Waals surface area contributed by atoms with E-state index in [1.54, 1.807) is 83.6 Å². The molecule has 0 saturated carbocycles. The van der Waals surface area contributed by atoms with Crippen molar-refractivity contribution in [3.8, 4) is 0 Å². The van der Waals surface area contributed by atoms with Gasteiger partial charge in [-0.25, -0.2) is 62.7 Å². The van der Waals surface area contributed by atoms with Crippen LogP contribution in [0.15, 0.2) is 22.8 Å². The van der Waals surface area contributed by atoms with Gasteiger partial charge in [0.15, 0.2) is 27.9 Å². The van der Waals surface area contributed by atoms with E-state index in [2.05, 4.69) is 158 Å². The summed E-state index contributed by atoms with van der Waals surface area (Å²) in [5.74, 6) is 0.366. The summed E-state index contributed by atoms with van der Waals surface area (Å²) in [5, 5.41) is 59.6. The first-order chi connectivity index (χ1) is 41.5. The number of hydrogen-bond acceptors (Lipinski definition) is 21. The maximum Gasteiger partial charge on any atom is 0.320 e. The number of nitrogens with one attached hydrogen (secondary N) is 12. The van der Waals surface area contributed by atoms with Crippen LogP contribution in [0.4, 0.5) is 14.4 Å². The van der Waals surface area contributed by atoms with E-state index in [-0.39, 0.29) is 50.6 Å². The van der Waals surface area contributed by atoms with Crippen LogP contribution in [-0.4, -0.2) is 238 Å². The van der Waals surface area contributed by atoms with Crippen molar-refractivity contribution in [3.63, 3.8) is 0 Å². The summed E-state index contributed by atoms with van der Waals surface area (Å²) in [5.41, 5.74) is 9.86. The topological polar surface area (TPSA) is 316 Å². The van der Waals surface area contributed by atoms with Gasteiger partial charge in [-0.05, 0) is 136 Å². The quantitative estimate of drug-likeness (QED) is 0.0856. The van der Waals surface area contributed by atoms with Gasteiger partial charge in [-0.3, -0.25) is 9.80 Å². The summed E-state index contributed by atoms with van der Waals surface area (Å²) >= 11 is 8.35. The number of rotatable bonds is 0. The molecule has 31 nitrogen and oxygen atoms in total. The van der Waals surface area contributed by atoms with Crippen molar-refractivity contribution in [1.29, 1.82) is 0 Å². The minimum absolute atomic E-state index is 0.0370. The molecule has 528 valence electrons. The van der Waals surface area contributed by atoms with Crippen LogP contribution in [0.2, 0.25) is 0 Å². The summed E-state index contributed by atoms with van der Waals surface area (Å²) in [6.07, 6.45) is 0. The van der Waals surface area contributed by atoms with Crippen LogP contribution in [0, 0.1) is 26.7 Å². The van der Waals surface area contributed by atoms with E-state index in [4.69, 9.17) is 12.2 Å². The van der Waals surface area contributed by atoms with E-state index in [1.165, 1.54) is 7.05 Å². The molecule has 0 aromatic heterocycles. The van der Waals surface area contributed by atoms with Crippen LogP contribution in [0.25, 0.3) is 0 Å². The lowest BCUT2D eigenvalue weighted by atomic mass is 10.1. The summed E-state index contributed by atoms with van der Waals surface area (Å²) in [6, 6.07) is 6.68. The third-order valence-corrected chi connectivity index (χ3v) is 20.6. The molecular weight excluding hydrogens is 1220 g/mol. The Labute approximate surface area is 554 Å². The second kappa shape index (κ2) is 40.6. The Hall–Kier alpha value is -3.57. The number of thiocarbonyl (C=S) groups is 1. The fourth-order valence-corrected chi connectivity index (χ4v) is 10.9. The van der Waals surface area contributed by atoms with E-state index in [0.717, 1.165) is 16.8 Å². The molecule has 19 unspecified atom stereocenters. The van der Waals surface area contributed by atoms with Gasteiger partial charge in [0.1, 0.15) is 0 Å². The molecule has 0 aromatic carbocycles. The predicted molar refractivity (Wildman–Crippen MR) is 365 cm³/mol. The lowest BCUT2D eigenvalue weighted by molar-refractivity contribution is -1.15. The number of hydrazine groups is 1. The van der Waals surface area contributed by atoms with Crippen LogP contribution in [0.5, 0.6) is 0 Å². The Bertz CT molecular complexity index is 2130. The minimum Gasteiger partial charge on any atom is -0.604 e. The fraction of sp³-hybridized carbons (Fsp3) is 0.839. The molecule has 8 fully saturated rings. The lowest BCUT2D eigenvalue weighted by Crippen LogP contribution is -3.29. The van der Waals surface area contributed by atoms with E-state index in [1.807, 2.05) is 81.8 Å². The fourth-order valence-electron chi connectivity index (χ4n) is 8.59. The van der Waals surface area contributed by atoms with E-state index in [0.29, 0.717) is 107 Å². The first-order valence-corrected chi connectivity index (χ1v) is 33.0. The van der Waals surface area contributed by atoms with E-state index >= 15 is 0 Å². The number of hydroxylamine groups is 6. The molecule has 0 aromatic rings. The molecule has 10 aliphatic rings. The number of quaternary nitrogens is 4. The molecule has 0 radical (unpaired) electrons. The Morgan fingerprint density at radius 3 is 1.02 bits per heavy atom. The number of carbonyl (C=O) groups is 4. The zero-order valence-corrected chi connectivity index (χ0v) is 62.7. The van der Waals surface area contributed by atoms with E-state index in [9.17, 15) is 40.0 Å². The normalized spacial score (nSPS) is 35.5. The smallest absolute Gasteiger partial charge is 0.320 e. The van der Waals surface area contributed by atoms with Gasteiger partial charge < -0.3 is 61.7 Å². The Morgan fingerprint density at radius 2 is 0.911 bits per heavy atom. The molecule has 7 amide bonds. The highest BCUT2D eigenvalue weighted by Crippen LogP contribution is 2.29. The van der Waals surface area contributed by atoms with Crippen molar-refractivity contribution < 1.29 is 44.8 Å². The van der Waals surface area contributed by atoms with Crippen molar-refractivity contribution in [3.05, 3.63) is 43.6 Å². The first-order valence-electron chi connectivity index (χ1n) is 31.1. The summed E-state index contributed by atoms with van der Waals surface area (Å²) in [7, 11) is 18.9. The highest BCUT2D eigenvalue weighted by Gasteiger charge is 2.38. The Balaban J connectivity index is 0.000000976. The van der Waals surface area contributed by atoms with Crippen molar-refractivity contribution in [2.75, 3.05) is 77.0 Å². The third-order valence-electron chi connectivity index (χ3n) is 18.1. The molecular formula is C56H122N22O9S3. The molecule has 10 rings (SSSR count). The highest BCUT2D eigenvalue weighted by molar-refractivity contribution is 7.95. The number of carbonyl (C=O) groups excluding carboxylic acids is 4. The minimum atomic E-state index is -0.266. The van der Waals surface area contributed by atoms with Crippen LogP contribution < -0.4 is 63.2 Å². The van der Waals surface area contributed by atoms with Gasteiger partial charge in [0.2, 0.25) is 5.91 Å². The number of urea groups is 3. The first kappa shape index (κ1) is 86.4. The van der Waals surface area contributed by atoms with Crippen molar-refractivity contribution >= 4 is 65.6 Å². The molecule has 0 aliphatic carbocycles. The number of amides is 7. The molecule has 10 aliphatic heterocycles. The molecule has 10 heterocycles. The molecule has 19 atom stereocenters. The van der Waals surface area contributed by atoms with E-state index < -0.39 is 0 Å². The zero-order chi connectivity index (χ0) is 70.4. The van der Waals surface area contributed by atoms with Crippen LogP contribution in [0.3, 0.4) is 0 Å². The third kappa shape index (κ3) is 25.6. The molecule has 0 spiro atoms. The number of likely N-dealkylation sites (N-methyl/N-ethyl adjacent to an activating group) is 7. The Morgan fingerprint density at radius 1 is 0.489 bits per heavy atom. The van der Waals surface area contributed by atoms with Gasteiger partial charge in [0, 0.05) is 172 Å². The van der Waals surface area contributed by atoms with Gasteiger partial charge in [-0.1, -0.05) is 20.8 Å². The number of allylic oxidation sites excluding steroid dienone is 4. The largest absolute Gasteiger partial charge is 0.604 e. The van der Waals surface area contributed by atoms with Gasteiger partial charge in [0.25, 0.3) is 0 Å². The maximum atomic E-state index is 11.2. The molecule has 8 saturated heterocycles. The van der Waals surface area contributed by atoms with Crippen molar-refractivity contribution in [2.24, 2.45) is 5.92 Å². The van der Waals surface area contributed by atoms with Crippen molar-refractivity contribution in [2.45, 2.75) is 230 Å². The average Bonchev–Trinajstić information content (AvgIpc) is 1.80. The lowest BCUT2D eigenvalue weighted by Gasteiger charge is -2.26. The van der Waals surface area contributed by atoms with Crippen molar-refractivity contribution in [1.82, 2.24) is 90.1 Å². The summed E-state index contributed by atoms with van der Waals surface area (Å²) in [6.45, 7) is 42.9. The average molecular weight is 1340 g/mol. The second-order valence-electron chi connectivity index (χ2n) is 24.3.